The van der Waals surface area contributed by atoms with Crippen LogP contribution < -0.4 is 10.6 Å². The Hall–Kier alpha value is -0.0700. The summed E-state index contributed by atoms with van der Waals surface area (Å²) in [7, 11) is 0. The van der Waals surface area contributed by atoms with E-state index in [2.05, 4.69) is 10.6 Å². The zero-order chi connectivity index (χ0) is 11.2. The molecule has 0 saturated carbocycles. The number of nitrogens with one attached hydrogen (secondary N) is 2. The number of amides is 2. The molecule has 2 aliphatic rings. The van der Waals surface area contributed by atoms with Gasteiger partial charge in [-0.25, -0.2) is 4.79 Å². The highest BCUT2D eigenvalue weighted by Crippen LogP contribution is 2.23. The third-order valence-electron chi connectivity index (χ3n) is 2.64. The Morgan fingerprint density at radius 2 is 2.38 bits per heavy atom. The summed E-state index contributed by atoms with van der Waals surface area (Å²) in [6, 6.07) is 0.153. The molecule has 0 aromatic heterocycles. The van der Waals surface area contributed by atoms with Crippen LogP contribution in [0.4, 0.5) is 4.79 Å². The normalized spacial score (nSPS) is 30.0. The van der Waals surface area contributed by atoms with Gasteiger partial charge in [0.1, 0.15) is 0 Å². The first-order valence-electron chi connectivity index (χ1n) is 5.66. The Bertz CT molecular complexity index is 229. The quantitative estimate of drug-likeness (QED) is 0.794. The lowest BCUT2D eigenvalue weighted by molar-refractivity contribution is 0.188. The van der Waals surface area contributed by atoms with Gasteiger partial charge in [-0.1, -0.05) is 0 Å². The van der Waals surface area contributed by atoms with E-state index in [0.717, 1.165) is 25.3 Å². The van der Waals surface area contributed by atoms with Crippen LogP contribution in [0.5, 0.6) is 0 Å². The Morgan fingerprint density at radius 1 is 1.44 bits per heavy atom. The van der Waals surface area contributed by atoms with Crippen molar-refractivity contribution in [1.29, 1.82) is 0 Å². The molecule has 2 amide bonds. The zero-order valence-electron chi connectivity index (χ0n) is 9.24. The van der Waals surface area contributed by atoms with Crippen LogP contribution in [0.15, 0.2) is 0 Å². The predicted molar refractivity (Wildman–Crippen MR) is 69.3 cm³/mol. The van der Waals surface area contributed by atoms with Crippen LogP contribution in [0.3, 0.4) is 0 Å². The van der Waals surface area contributed by atoms with Crippen molar-refractivity contribution >= 4 is 29.6 Å². The standard InChI is InChI=1S/C10H18N2O2S2/c13-10(12-8-1-2-14-6-8)11-5-9-7-15-3-4-16-9/h8-9H,1-7H2,(H2,11,12,13). The summed E-state index contributed by atoms with van der Waals surface area (Å²) in [5.74, 6) is 3.60. The molecule has 2 saturated heterocycles. The van der Waals surface area contributed by atoms with Gasteiger partial charge in [0.05, 0.1) is 12.6 Å². The van der Waals surface area contributed by atoms with Gasteiger partial charge in [-0.15, -0.1) is 0 Å². The first kappa shape index (κ1) is 12.4. The van der Waals surface area contributed by atoms with E-state index >= 15 is 0 Å². The Balaban J connectivity index is 1.59. The van der Waals surface area contributed by atoms with Gasteiger partial charge in [0.15, 0.2) is 0 Å². The fraction of sp³-hybridized carbons (Fsp3) is 0.900. The molecule has 16 heavy (non-hydrogen) atoms. The average Bonchev–Trinajstić information content (AvgIpc) is 2.81. The highest BCUT2D eigenvalue weighted by atomic mass is 32.2. The van der Waals surface area contributed by atoms with Crippen molar-refractivity contribution in [2.75, 3.05) is 37.0 Å². The van der Waals surface area contributed by atoms with Crippen LogP contribution in [0, 0.1) is 0 Å². The molecule has 0 aromatic carbocycles. The summed E-state index contributed by atoms with van der Waals surface area (Å²) >= 11 is 3.93. The van der Waals surface area contributed by atoms with Crippen molar-refractivity contribution in [2.45, 2.75) is 17.7 Å². The van der Waals surface area contributed by atoms with E-state index in [1.165, 1.54) is 11.5 Å². The number of thioether (sulfide) groups is 2. The van der Waals surface area contributed by atoms with Gasteiger partial charge in [-0.3, -0.25) is 0 Å². The molecule has 4 nitrogen and oxygen atoms in total. The smallest absolute Gasteiger partial charge is 0.315 e. The lowest BCUT2D eigenvalue weighted by Crippen LogP contribution is -2.45. The predicted octanol–water partition coefficient (Wildman–Crippen LogP) is 0.923. The molecule has 2 N–H and O–H groups in total. The zero-order valence-corrected chi connectivity index (χ0v) is 10.9. The van der Waals surface area contributed by atoms with Crippen LogP contribution in [-0.2, 0) is 4.74 Å². The van der Waals surface area contributed by atoms with E-state index < -0.39 is 0 Å². The molecule has 0 spiro atoms. The molecule has 2 atom stereocenters. The molecule has 2 fully saturated rings. The second-order valence-corrected chi connectivity index (χ2v) is 6.54. The van der Waals surface area contributed by atoms with E-state index in [-0.39, 0.29) is 12.1 Å². The summed E-state index contributed by atoms with van der Waals surface area (Å²) < 4.78 is 5.20. The molecule has 2 rings (SSSR count). The van der Waals surface area contributed by atoms with Crippen molar-refractivity contribution in [1.82, 2.24) is 10.6 Å². The molecule has 6 heteroatoms. The van der Waals surface area contributed by atoms with Crippen LogP contribution in [0.25, 0.3) is 0 Å². The molecule has 0 aromatic rings. The van der Waals surface area contributed by atoms with E-state index in [9.17, 15) is 4.79 Å². The minimum absolute atomic E-state index is 0.0494. The Labute approximate surface area is 105 Å². The third kappa shape index (κ3) is 4.07. The van der Waals surface area contributed by atoms with Gasteiger partial charge in [0, 0.05) is 35.7 Å². The van der Waals surface area contributed by atoms with E-state index in [4.69, 9.17) is 4.74 Å². The number of carbonyl (C=O) groups is 1. The first-order chi connectivity index (χ1) is 7.84. The second kappa shape index (κ2) is 6.61. The van der Waals surface area contributed by atoms with Gasteiger partial charge < -0.3 is 15.4 Å². The van der Waals surface area contributed by atoms with Gasteiger partial charge in [0.2, 0.25) is 0 Å². The summed E-state index contributed by atoms with van der Waals surface area (Å²) in [6.45, 7) is 2.19. The molecular formula is C10H18N2O2S2. The average molecular weight is 262 g/mol. The largest absolute Gasteiger partial charge is 0.379 e. The molecule has 0 bridgehead atoms. The van der Waals surface area contributed by atoms with Gasteiger partial charge in [-0.2, -0.15) is 23.5 Å². The van der Waals surface area contributed by atoms with Crippen molar-refractivity contribution in [3.63, 3.8) is 0 Å². The number of hydrogen-bond acceptors (Lipinski definition) is 4. The molecule has 0 radical (unpaired) electrons. The first-order valence-corrected chi connectivity index (χ1v) is 7.86. The van der Waals surface area contributed by atoms with Crippen LogP contribution in [0.2, 0.25) is 0 Å². The molecule has 0 aliphatic carbocycles. The second-order valence-electron chi connectivity index (χ2n) is 3.98. The van der Waals surface area contributed by atoms with E-state index in [0.29, 0.717) is 11.9 Å². The van der Waals surface area contributed by atoms with Gasteiger partial charge in [-0.05, 0) is 6.42 Å². The minimum atomic E-state index is -0.0494. The SMILES string of the molecule is O=C(NCC1CSCCS1)NC1CCOC1. The molecule has 2 aliphatic heterocycles. The van der Waals surface area contributed by atoms with E-state index in [1.807, 2.05) is 23.5 Å². The fourth-order valence-corrected chi connectivity index (χ4v) is 4.36. The maximum absolute atomic E-state index is 11.5. The van der Waals surface area contributed by atoms with Gasteiger partial charge in [0.25, 0.3) is 0 Å². The van der Waals surface area contributed by atoms with Crippen molar-refractivity contribution in [3.05, 3.63) is 0 Å². The maximum Gasteiger partial charge on any atom is 0.315 e. The number of hydrogen-bond donors (Lipinski definition) is 2. The minimum Gasteiger partial charge on any atom is -0.379 e. The highest BCUT2D eigenvalue weighted by molar-refractivity contribution is 8.06. The number of carbonyl (C=O) groups excluding carboxylic acids is 1. The topological polar surface area (TPSA) is 50.4 Å². The van der Waals surface area contributed by atoms with Crippen molar-refractivity contribution < 1.29 is 9.53 Å². The molecular weight excluding hydrogens is 244 g/mol. The van der Waals surface area contributed by atoms with Crippen LogP contribution in [0.1, 0.15) is 6.42 Å². The third-order valence-corrected chi connectivity index (χ3v) is 5.49. The number of rotatable bonds is 3. The fourth-order valence-electron chi connectivity index (χ4n) is 1.75. The Kier molecular flexibility index (Phi) is 5.12. The summed E-state index contributed by atoms with van der Waals surface area (Å²) in [4.78, 5) is 11.5. The van der Waals surface area contributed by atoms with Gasteiger partial charge >= 0.3 is 6.03 Å². The number of ether oxygens (including phenoxy) is 1. The Morgan fingerprint density at radius 3 is 3.06 bits per heavy atom. The van der Waals surface area contributed by atoms with E-state index in [1.54, 1.807) is 0 Å². The summed E-state index contributed by atoms with van der Waals surface area (Å²) in [5, 5.41) is 6.44. The van der Waals surface area contributed by atoms with Crippen LogP contribution in [-0.4, -0.2) is 54.3 Å². The molecule has 92 valence electrons. The lowest BCUT2D eigenvalue weighted by Gasteiger charge is -2.21. The van der Waals surface area contributed by atoms with Crippen molar-refractivity contribution in [3.8, 4) is 0 Å². The summed E-state index contributed by atoms with van der Waals surface area (Å²) in [6.07, 6.45) is 0.932. The van der Waals surface area contributed by atoms with Crippen molar-refractivity contribution in [2.24, 2.45) is 0 Å². The molecule has 2 unspecified atom stereocenters. The maximum atomic E-state index is 11.5. The number of urea groups is 1. The monoisotopic (exact) mass is 262 g/mol. The summed E-state index contributed by atoms with van der Waals surface area (Å²) in [5.41, 5.74) is 0. The molecule has 2 heterocycles. The van der Waals surface area contributed by atoms with Crippen LogP contribution >= 0.6 is 23.5 Å². The lowest BCUT2D eigenvalue weighted by atomic mass is 10.3. The highest BCUT2D eigenvalue weighted by Gasteiger charge is 2.19.